The number of aromatic nitrogens is 1. The molecule has 82 valence electrons. The molecule has 1 N–H and O–H groups in total. The number of pyridine rings is 1. The first-order valence-corrected chi connectivity index (χ1v) is 5.43. The minimum Gasteiger partial charge on any atom is -0.396 e. The van der Waals surface area contributed by atoms with Crippen LogP contribution in [0.15, 0.2) is 24.4 Å². The topological polar surface area (TPSA) is 42.4 Å². The van der Waals surface area contributed by atoms with E-state index in [4.69, 9.17) is 4.74 Å². The molecule has 0 bridgehead atoms. The quantitative estimate of drug-likeness (QED) is 0.810. The summed E-state index contributed by atoms with van der Waals surface area (Å²) in [7, 11) is 0. The van der Waals surface area contributed by atoms with Crippen molar-refractivity contribution in [2.75, 3.05) is 19.8 Å². The average molecular weight is 207 g/mol. The Morgan fingerprint density at radius 2 is 2.33 bits per heavy atom. The molecule has 0 aromatic carbocycles. The monoisotopic (exact) mass is 207 g/mol. The Morgan fingerprint density at radius 1 is 1.53 bits per heavy atom. The molecular weight excluding hydrogens is 190 g/mol. The fourth-order valence-corrected chi connectivity index (χ4v) is 2.27. The molecule has 1 saturated heterocycles. The molecule has 0 saturated carbocycles. The van der Waals surface area contributed by atoms with E-state index in [2.05, 4.69) is 11.9 Å². The standard InChI is InChI=1S/C12H17NO2/c1-2-10(7-14)12(8-15-9-12)11-5-3-4-6-13-11/h3-6,10,14H,2,7-9H2,1H3. The first-order valence-electron chi connectivity index (χ1n) is 5.43. The third kappa shape index (κ3) is 1.66. The van der Waals surface area contributed by atoms with E-state index in [0.717, 1.165) is 12.1 Å². The minimum absolute atomic E-state index is 0.0508. The zero-order valence-electron chi connectivity index (χ0n) is 9.02. The molecular formula is C12H17NO2. The molecule has 1 aliphatic heterocycles. The molecule has 2 rings (SSSR count). The van der Waals surface area contributed by atoms with Crippen molar-refractivity contribution in [2.24, 2.45) is 5.92 Å². The number of hydrogen-bond donors (Lipinski definition) is 1. The summed E-state index contributed by atoms with van der Waals surface area (Å²) in [6.45, 7) is 3.67. The highest BCUT2D eigenvalue weighted by Gasteiger charge is 2.47. The highest BCUT2D eigenvalue weighted by atomic mass is 16.5. The summed E-state index contributed by atoms with van der Waals surface area (Å²) in [6, 6.07) is 5.93. The van der Waals surface area contributed by atoms with Crippen LogP contribution in [0.2, 0.25) is 0 Å². The van der Waals surface area contributed by atoms with Gasteiger partial charge in [-0.2, -0.15) is 0 Å². The lowest BCUT2D eigenvalue weighted by Crippen LogP contribution is -2.53. The van der Waals surface area contributed by atoms with E-state index in [1.165, 1.54) is 0 Å². The zero-order chi connectivity index (χ0) is 10.7. The molecule has 1 aromatic heterocycles. The molecule has 0 amide bonds. The summed E-state index contributed by atoms with van der Waals surface area (Å²) >= 11 is 0. The molecule has 0 spiro atoms. The van der Waals surface area contributed by atoms with Gasteiger partial charge >= 0.3 is 0 Å². The second-order valence-corrected chi connectivity index (χ2v) is 4.15. The van der Waals surface area contributed by atoms with Crippen molar-refractivity contribution >= 4 is 0 Å². The van der Waals surface area contributed by atoms with Crippen LogP contribution in [-0.2, 0) is 10.2 Å². The van der Waals surface area contributed by atoms with Gasteiger partial charge in [-0.15, -0.1) is 0 Å². The third-order valence-corrected chi connectivity index (χ3v) is 3.39. The summed E-state index contributed by atoms with van der Waals surface area (Å²) in [6.07, 6.45) is 2.76. The summed E-state index contributed by atoms with van der Waals surface area (Å²) in [5, 5.41) is 9.40. The van der Waals surface area contributed by atoms with Crippen molar-refractivity contribution in [3.63, 3.8) is 0 Å². The third-order valence-electron chi connectivity index (χ3n) is 3.39. The molecule has 1 aromatic rings. The normalized spacial score (nSPS) is 20.7. The summed E-state index contributed by atoms with van der Waals surface area (Å²) in [5.41, 5.74) is 1.00. The van der Waals surface area contributed by atoms with Crippen LogP contribution in [0.25, 0.3) is 0 Å². The molecule has 1 fully saturated rings. The van der Waals surface area contributed by atoms with Gasteiger partial charge in [0.2, 0.25) is 0 Å². The fourth-order valence-electron chi connectivity index (χ4n) is 2.27. The molecule has 2 heterocycles. The smallest absolute Gasteiger partial charge is 0.0642 e. The van der Waals surface area contributed by atoms with Crippen LogP contribution < -0.4 is 0 Å². The largest absolute Gasteiger partial charge is 0.396 e. The molecule has 3 nitrogen and oxygen atoms in total. The average Bonchev–Trinajstić information content (AvgIpc) is 2.24. The van der Waals surface area contributed by atoms with Gasteiger partial charge in [0, 0.05) is 12.8 Å². The number of aliphatic hydroxyl groups is 1. The SMILES string of the molecule is CCC(CO)C1(c2ccccn2)COC1. The zero-order valence-corrected chi connectivity index (χ0v) is 9.02. The van der Waals surface area contributed by atoms with Gasteiger partial charge in [0.1, 0.15) is 0 Å². The van der Waals surface area contributed by atoms with E-state index in [-0.39, 0.29) is 17.9 Å². The Morgan fingerprint density at radius 3 is 2.73 bits per heavy atom. The molecule has 15 heavy (non-hydrogen) atoms. The Hall–Kier alpha value is -0.930. The van der Waals surface area contributed by atoms with Gasteiger partial charge in [-0.05, 0) is 18.1 Å². The first kappa shape index (κ1) is 10.6. The predicted molar refractivity (Wildman–Crippen MR) is 57.6 cm³/mol. The lowest BCUT2D eigenvalue weighted by Gasteiger charge is -2.46. The predicted octanol–water partition coefficient (Wildman–Crippen LogP) is 1.37. The lowest BCUT2D eigenvalue weighted by molar-refractivity contribution is -0.103. The number of ether oxygens (including phenoxy) is 1. The van der Waals surface area contributed by atoms with E-state index in [0.29, 0.717) is 13.2 Å². The summed E-state index contributed by atoms with van der Waals surface area (Å²) < 4.78 is 5.33. The van der Waals surface area contributed by atoms with E-state index < -0.39 is 0 Å². The number of nitrogens with zero attached hydrogens (tertiary/aromatic N) is 1. The summed E-state index contributed by atoms with van der Waals surface area (Å²) in [5.74, 6) is 0.251. The molecule has 0 radical (unpaired) electrons. The molecule has 1 atom stereocenters. The Labute approximate surface area is 90.1 Å². The number of rotatable bonds is 4. The van der Waals surface area contributed by atoms with Crippen molar-refractivity contribution in [3.05, 3.63) is 30.1 Å². The summed E-state index contributed by atoms with van der Waals surface area (Å²) in [4.78, 5) is 4.40. The van der Waals surface area contributed by atoms with Crippen molar-refractivity contribution in [2.45, 2.75) is 18.8 Å². The van der Waals surface area contributed by atoms with Gasteiger partial charge in [0.25, 0.3) is 0 Å². The van der Waals surface area contributed by atoms with Gasteiger partial charge in [-0.1, -0.05) is 19.4 Å². The van der Waals surface area contributed by atoms with Crippen LogP contribution >= 0.6 is 0 Å². The van der Waals surface area contributed by atoms with E-state index in [9.17, 15) is 5.11 Å². The van der Waals surface area contributed by atoms with Crippen LogP contribution in [0.4, 0.5) is 0 Å². The van der Waals surface area contributed by atoms with E-state index >= 15 is 0 Å². The van der Waals surface area contributed by atoms with Crippen molar-refractivity contribution in [1.29, 1.82) is 0 Å². The molecule has 3 heteroatoms. The Balaban J connectivity index is 2.29. The first-order chi connectivity index (χ1) is 7.33. The second-order valence-electron chi connectivity index (χ2n) is 4.15. The highest BCUT2D eigenvalue weighted by molar-refractivity contribution is 5.22. The van der Waals surface area contributed by atoms with Crippen LogP contribution in [-0.4, -0.2) is 29.9 Å². The minimum atomic E-state index is -0.0508. The van der Waals surface area contributed by atoms with E-state index in [1.807, 2.05) is 18.2 Å². The van der Waals surface area contributed by atoms with Gasteiger partial charge in [-0.25, -0.2) is 0 Å². The Bertz CT molecular complexity index is 305. The maximum Gasteiger partial charge on any atom is 0.0642 e. The van der Waals surface area contributed by atoms with Gasteiger partial charge in [0.05, 0.1) is 24.3 Å². The molecule has 0 aliphatic carbocycles. The van der Waals surface area contributed by atoms with Crippen molar-refractivity contribution in [3.8, 4) is 0 Å². The lowest BCUT2D eigenvalue weighted by atomic mass is 9.70. The van der Waals surface area contributed by atoms with Crippen molar-refractivity contribution < 1.29 is 9.84 Å². The maximum atomic E-state index is 9.40. The van der Waals surface area contributed by atoms with Gasteiger partial charge < -0.3 is 9.84 Å². The maximum absolute atomic E-state index is 9.40. The number of hydrogen-bond acceptors (Lipinski definition) is 3. The molecule has 1 unspecified atom stereocenters. The van der Waals surface area contributed by atoms with Crippen molar-refractivity contribution in [1.82, 2.24) is 4.98 Å². The van der Waals surface area contributed by atoms with E-state index in [1.54, 1.807) is 6.20 Å². The van der Waals surface area contributed by atoms with Crippen LogP contribution in [0, 0.1) is 5.92 Å². The van der Waals surface area contributed by atoms with Crippen LogP contribution in [0.3, 0.4) is 0 Å². The molecule has 1 aliphatic rings. The number of aliphatic hydroxyl groups excluding tert-OH is 1. The highest BCUT2D eigenvalue weighted by Crippen LogP contribution is 2.39. The van der Waals surface area contributed by atoms with Crippen LogP contribution in [0.1, 0.15) is 19.0 Å². The Kier molecular flexibility index (Phi) is 3.03. The van der Waals surface area contributed by atoms with Crippen LogP contribution in [0.5, 0.6) is 0 Å². The van der Waals surface area contributed by atoms with Gasteiger partial charge in [-0.3, -0.25) is 4.98 Å². The second kappa shape index (κ2) is 4.29. The van der Waals surface area contributed by atoms with Gasteiger partial charge in [0.15, 0.2) is 0 Å². The fraction of sp³-hybridized carbons (Fsp3) is 0.583.